The van der Waals surface area contributed by atoms with Gasteiger partial charge in [0.15, 0.2) is 0 Å². The van der Waals surface area contributed by atoms with Crippen LogP contribution in [0.5, 0.6) is 0 Å². The van der Waals surface area contributed by atoms with E-state index < -0.39 is 0 Å². The average molecular weight is 281 g/mol. The highest BCUT2D eigenvalue weighted by atomic mass is 79.9. The maximum Gasteiger partial charge on any atom is 0.205 e. The summed E-state index contributed by atoms with van der Waals surface area (Å²) in [5.41, 5.74) is 0.832. The van der Waals surface area contributed by atoms with Gasteiger partial charge in [0.1, 0.15) is 0 Å². The summed E-state index contributed by atoms with van der Waals surface area (Å²) in [6.07, 6.45) is 1.78. The third-order valence-corrected chi connectivity index (χ3v) is 2.53. The van der Waals surface area contributed by atoms with Gasteiger partial charge in [-0.1, -0.05) is 21.9 Å². The summed E-state index contributed by atoms with van der Waals surface area (Å²) < 4.78 is 0.993. The molecule has 0 amide bonds. The number of hydrogen-bond donors (Lipinski definition) is 1. The highest BCUT2D eigenvalue weighted by Gasteiger charge is 1.96. The van der Waals surface area contributed by atoms with Crippen LogP contribution < -0.4 is 0 Å². The first-order valence-electron chi connectivity index (χ1n) is 5.13. The number of rotatable bonds is 4. The molecular weight excluding hydrogens is 268 g/mol. The molecule has 1 N–H and O–H groups in total. The first-order valence-corrected chi connectivity index (χ1v) is 5.93. The second-order valence-electron chi connectivity index (χ2n) is 3.36. The normalized spacial score (nSPS) is 9.38. The number of aliphatic hydroxyl groups excluding tert-OH is 1. The lowest BCUT2D eigenvalue weighted by atomic mass is 10.1. The Balaban J connectivity index is 2.47. The standard InChI is InChI=1S/C13H13BrO2/c14-12-7-4-11(5-8-12)6-9-13(16)3-1-2-10-15/h4-5,7-8,15H,1-3,10H2. The van der Waals surface area contributed by atoms with Crippen LogP contribution in [0.3, 0.4) is 0 Å². The van der Waals surface area contributed by atoms with Crippen LogP contribution in [0, 0.1) is 11.8 Å². The summed E-state index contributed by atoms with van der Waals surface area (Å²) in [6, 6.07) is 7.50. The molecule has 1 aromatic carbocycles. The van der Waals surface area contributed by atoms with Crippen molar-refractivity contribution in [2.45, 2.75) is 19.3 Å². The maximum atomic E-state index is 11.3. The van der Waals surface area contributed by atoms with Crippen molar-refractivity contribution >= 4 is 21.7 Å². The molecule has 16 heavy (non-hydrogen) atoms. The van der Waals surface area contributed by atoms with E-state index in [2.05, 4.69) is 27.8 Å². The van der Waals surface area contributed by atoms with Crippen LogP contribution in [-0.4, -0.2) is 17.5 Å². The van der Waals surface area contributed by atoms with E-state index in [0.717, 1.165) is 10.0 Å². The molecule has 0 radical (unpaired) electrons. The fraction of sp³-hybridized carbons (Fsp3) is 0.308. The van der Waals surface area contributed by atoms with Crippen LogP contribution in [0.1, 0.15) is 24.8 Å². The van der Waals surface area contributed by atoms with Crippen molar-refractivity contribution in [2.24, 2.45) is 0 Å². The number of hydrogen-bond acceptors (Lipinski definition) is 2. The highest BCUT2D eigenvalue weighted by Crippen LogP contribution is 2.09. The van der Waals surface area contributed by atoms with Crippen LogP contribution >= 0.6 is 15.9 Å². The van der Waals surface area contributed by atoms with E-state index in [1.807, 2.05) is 24.3 Å². The molecule has 0 aliphatic heterocycles. The number of carbonyl (C=O) groups is 1. The van der Waals surface area contributed by atoms with Gasteiger partial charge in [0, 0.05) is 23.1 Å². The third kappa shape index (κ3) is 5.11. The van der Waals surface area contributed by atoms with Gasteiger partial charge in [-0.3, -0.25) is 4.79 Å². The largest absolute Gasteiger partial charge is 0.396 e. The smallest absolute Gasteiger partial charge is 0.205 e. The zero-order valence-electron chi connectivity index (χ0n) is 8.87. The van der Waals surface area contributed by atoms with E-state index in [9.17, 15) is 4.79 Å². The van der Waals surface area contributed by atoms with Gasteiger partial charge in [-0.05, 0) is 43.0 Å². The number of Topliss-reactive ketones (excluding diaryl/α,β-unsaturated/α-hetero) is 1. The van der Waals surface area contributed by atoms with Crippen LogP contribution in [-0.2, 0) is 4.79 Å². The predicted molar refractivity (Wildman–Crippen MR) is 67.0 cm³/mol. The molecule has 0 heterocycles. The van der Waals surface area contributed by atoms with Gasteiger partial charge in [-0.2, -0.15) is 0 Å². The van der Waals surface area contributed by atoms with E-state index in [1.165, 1.54) is 0 Å². The first-order chi connectivity index (χ1) is 7.72. The predicted octanol–water partition coefficient (Wildman–Crippen LogP) is 2.53. The SMILES string of the molecule is O=C(C#Cc1ccc(Br)cc1)CCCCO. The summed E-state index contributed by atoms with van der Waals surface area (Å²) in [5, 5.41) is 8.56. The van der Waals surface area contributed by atoms with Crippen LogP contribution in [0.15, 0.2) is 28.7 Å². The van der Waals surface area contributed by atoms with Crippen molar-refractivity contribution in [3.8, 4) is 11.8 Å². The number of aliphatic hydroxyl groups is 1. The van der Waals surface area contributed by atoms with E-state index in [1.54, 1.807) is 0 Å². The number of ketones is 1. The lowest BCUT2D eigenvalue weighted by molar-refractivity contribution is -0.113. The van der Waals surface area contributed by atoms with Crippen molar-refractivity contribution in [3.63, 3.8) is 0 Å². The molecule has 0 saturated carbocycles. The zero-order chi connectivity index (χ0) is 11.8. The van der Waals surface area contributed by atoms with Crippen molar-refractivity contribution < 1.29 is 9.90 Å². The summed E-state index contributed by atoms with van der Waals surface area (Å²) in [6.45, 7) is 0.132. The average Bonchev–Trinajstić information content (AvgIpc) is 2.29. The summed E-state index contributed by atoms with van der Waals surface area (Å²) in [4.78, 5) is 11.3. The summed E-state index contributed by atoms with van der Waals surface area (Å²) in [5.74, 6) is 5.33. The van der Waals surface area contributed by atoms with Gasteiger partial charge in [0.2, 0.25) is 5.78 Å². The fourth-order valence-electron chi connectivity index (χ4n) is 1.13. The van der Waals surface area contributed by atoms with Gasteiger partial charge >= 0.3 is 0 Å². The topological polar surface area (TPSA) is 37.3 Å². The molecule has 2 nitrogen and oxygen atoms in total. The van der Waals surface area contributed by atoms with Crippen LogP contribution in [0.2, 0.25) is 0 Å². The molecule has 0 unspecified atom stereocenters. The lowest BCUT2D eigenvalue weighted by Gasteiger charge is -1.92. The van der Waals surface area contributed by atoms with Crippen molar-refractivity contribution in [1.82, 2.24) is 0 Å². The molecule has 0 saturated heterocycles. The molecule has 0 fully saturated rings. The molecule has 1 rings (SSSR count). The minimum absolute atomic E-state index is 0.0728. The van der Waals surface area contributed by atoms with Crippen molar-refractivity contribution in [2.75, 3.05) is 6.61 Å². The Kier molecular flexibility index (Phi) is 5.84. The molecule has 0 aliphatic carbocycles. The highest BCUT2D eigenvalue weighted by molar-refractivity contribution is 9.10. The molecule has 0 aliphatic rings. The van der Waals surface area contributed by atoms with Crippen molar-refractivity contribution in [3.05, 3.63) is 34.3 Å². The summed E-state index contributed by atoms with van der Waals surface area (Å²) >= 11 is 3.33. The second-order valence-corrected chi connectivity index (χ2v) is 4.28. The number of carbonyl (C=O) groups excluding carboxylic acids is 1. The number of halogens is 1. The first kappa shape index (κ1) is 13.0. The van der Waals surface area contributed by atoms with E-state index in [0.29, 0.717) is 19.3 Å². The molecule has 1 aromatic rings. The van der Waals surface area contributed by atoms with Crippen molar-refractivity contribution in [1.29, 1.82) is 0 Å². The van der Waals surface area contributed by atoms with Crippen LogP contribution in [0.25, 0.3) is 0 Å². The Bertz CT molecular complexity index is 398. The van der Waals surface area contributed by atoms with Gasteiger partial charge in [0.05, 0.1) is 0 Å². The lowest BCUT2D eigenvalue weighted by Crippen LogP contribution is -1.94. The van der Waals surface area contributed by atoms with Crippen LogP contribution in [0.4, 0.5) is 0 Å². The number of unbranched alkanes of at least 4 members (excludes halogenated alkanes) is 1. The Hall–Kier alpha value is -1.11. The van der Waals surface area contributed by atoms with Gasteiger partial charge in [-0.15, -0.1) is 0 Å². The summed E-state index contributed by atoms with van der Waals surface area (Å²) in [7, 11) is 0. The molecule has 0 spiro atoms. The van der Waals surface area contributed by atoms with Gasteiger partial charge in [-0.25, -0.2) is 0 Å². The molecule has 0 atom stereocenters. The zero-order valence-corrected chi connectivity index (χ0v) is 10.5. The monoisotopic (exact) mass is 280 g/mol. The van der Waals surface area contributed by atoms with E-state index in [4.69, 9.17) is 5.11 Å². The third-order valence-electron chi connectivity index (χ3n) is 2.00. The minimum Gasteiger partial charge on any atom is -0.396 e. The Morgan fingerprint density at radius 3 is 2.56 bits per heavy atom. The van der Waals surface area contributed by atoms with Gasteiger partial charge in [0.25, 0.3) is 0 Å². The van der Waals surface area contributed by atoms with E-state index >= 15 is 0 Å². The molecular formula is C13H13BrO2. The molecule has 3 heteroatoms. The quantitative estimate of drug-likeness (QED) is 0.680. The fourth-order valence-corrected chi connectivity index (χ4v) is 1.40. The maximum absolute atomic E-state index is 11.3. The molecule has 0 aromatic heterocycles. The minimum atomic E-state index is -0.0728. The Labute approximate surface area is 104 Å². The van der Waals surface area contributed by atoms with E-state index in [-0.39, 0.29) is 12.4 Å². The molecule has 0 bridgehead atoms. The Morgan fingerprint density at radius 2 is 1.94 bits per heavy atom. The second kappa shape index (κ2) is 7.21. The molecule has 84 valence electrons. The number of benzene rings is 1. The van der Waals surface area contributed by atoms with Gasteiger partial charge < -0.3 is 5.11 Å². The Morgan fingerprint density at radius 1 is 1.25 bits per heavy atom.